The van der Waals surface area contributed by atoms with Crippen molar-refractivity contribution in [3.63, 3.8) is 0 Å². The number of hydrogen-bond donors (Lipinski definition) is 1. The second-order valence-electron chi connectivity index (χ2n) is 8.11. The van der Waals surface area contributed by atoms with E-state index in [2.05, 4.69) is 4.98 Å². The Balaban J connectivity index is 1.31. The summed E-state index contributed by atoms with van der Waals surface area (Å²) < 4.78 is 6.53. The number of ether oxygens (including phenoxy) is 1. The summed E-state index contributed by atoms with van der Waals surface area (Å²) in [6, 6.07) is 17.5. The van der Waals surface area contributed by atoms with Crippen LogP contribution in [-0.4, -0.2) is 51.5 Å². The van der Waals surface area contributed by atoms with Gasteiger partial charge in [-0.15, -0.1) is 0 Å². The topological polar surface area (TPSA) is 65.6 Å². The molecule has 1 spiro atoms. The molecule has 2 amide bonds. The molecule has 0 bridgehead atoms. The molecule has 3 aliphatic rings. The molecule has 0 saturated carbocycles. The van der Waals surface area contributed by atoms with E-state index >= 15 is 0 Å². The van der Waals surface area contributed by atoms with Crippen LogP contribution >= 0.6 is 0 Å². The Hall–Kier alpha value is -3.12. The number of benzene rings is 2. The molecule has 3 fully saturated rings. The quantitative estimate of drug-likeness (QED) is 0.735. The molecule has 0 radical (unpaired) electrons. The van der Waals surface area contributed by atoms with Gasteiger partial charge in [-0.3, -0.25) is 9.59 Å². The van der Waals surface area contributed by atoms with E-state index in [1.54, 1.807) is 0 Å². The van der Waals surface area contributed by atoms with Crippen molar-refractivity contribution in [3.8, 4) is 0 Å². The average Bonchev–Trinajstić information content (AvgIpc) is 3.49. The van der Waals surface area contributed by atoms with E-state index < -0.39 is 5.72 Å². The minimum absolute atomic E-state index is 0.0372. The van der Waals surface area contributed by atoms with Crippen LogP contribution in [0.5, 0.6) is 0 Å². The number of hydrogen-bond acceptors (Lipinski definition) is 3. The number of likely N-dealkylation sites (tertiary alicyclic amines) is 1. The first-order valence-corrected chi connectivity index (χ1v) is 10.1. The van der Waals surface area contributed by atoms with Crippen molar-refractivity contribution in [2.24, 2.45) is 0 Å². The van der Waals surface area contributed by atoms with Crippen LogP contribution in [0, 0.1) is 0 Å². The van der Waals surface area contributed by atoms with E-state index in [0.717, 1.165) is 16.5 Å². The lowest BCUT2D eigenvalue weighted by atomic mass is 10.1. The fourth-order valence-electron chi connectivity index (χ4n) is 5.26. The van der Waals surface area contributed by atoms with Gasteiger partial charge in [0.25, 0.3) is 5.91 Å². The molecular formula is C23H21N3O3. The fraction of sp³-hybridized carbons (Fsp3) is 0.304. The van der Waals surface area contributed by atoms with E-state index in [4.69, 9.17) is 4.74 Å². The van der Waals surface area contributed by atoms with Crippen LogP contribution in [0.3, 0.4) is 0 Å². The maximum atomic E-state index is 13.3. The number of aromatic nitrogens is 1. The van der Waals surface area contributed by atoms with Crippen molar-refractivity contribution < 1.29 is 14.3 Å². The SMILES string of the molecule is O=C(c1ccc2cc[nH]c2c1)N1CC[C@@]23O[C@@H](c4ccccc4)CN2C(=O)C[C@@H]13. The Kier molecular flexibility index (Phi) is 3.44. The van der Waals surface area contributed by atoms with Gasteiger partial charge in [0, 0.05) is 30.2 Å². The van der Waals surface area contributed by atoms with E-state index in [-0.39, 0.29) is 24.0 Å². The third-order valence-corrected chi connectivity index (χ3v) is 6.66. The second kappa shape index (κ2) is 5.94. The smallest absolute Gasteiger partial charge is 0.254 e. The zero-order valence-corrected chi connectivity index (χ0v) is 15.9. The highest BCUT2D eigenvalue weighted by atomic mass is 16.5. The van der Waals surface area contributed by atoms with Crippen LogP contribution in [0.1, 0.15) is 34.9 Å². The molecule has 6 rings (SSSR count). The number of amides is 2. The zero-order valence-electron chi connectivity index (χ0n) is 15.9. The molecule has 3 aliphatic heterocycles. The molecule has 0 aliphatic carbocycles. The van der Waals surface area contributed by atoms with Gasteiger partial charge in [-0.1, -0.05) is 36.4 Å². The lowest BCUT2D eigenvalue weighted by Gasteiger charge is -2.32. The first-order valence-electron chi connectivity index (χ1n) is 10.1. The van der Waals surface area contributed by atoms with E-state index in [1.807, 2.05) is 70.6 Å². The third-order valence-electron chi connectivity index (χ3n) is 6.66. The monoisotopic (exact) mass is 387 g/mol. The van der Waals surface area contributed by atoms with Gasteiger partial charge in [-0.2, -0.15) is 0 Å². The largest absolute Gasteiger partial charge is 0.361 e. The van der Waals surface area contributed by atoms with Gasteiger partial charge in [0.15, 0.2) is 5.72 Å². The average molecular weight is 387 g/mol. The molecule has 3 atom stereocenters. The van der Waals surface area contributed by atoms with E-state index in [9.17, 15) is 9.59 Å². The van der Waals surface area contributed by atoms with Crippen LogP contribution < -0.4 is 0 Å². The van der Waals surface area contributed by atoms with Gasteiger partial charge in [0.1, 0.15) is 6.10 Å². The van der Waals surface area contributed by atoms with Crippen molar-refractivity contribution in [1.29, 1.82) is 0 Å². The molecule has 3 saturated heterocycles. The van der Waals surface area contributed by atoms with Crippen molar-refractivity contribution >= 4 is 22.7 Å². The Morgan fingerprint density at radius 3 is 2.86 bits per heavy atom. The van der Waals surface area contributed by atoms with Gasteiger partial charge in [-0.25, -0.2) is 0 Å². The summed E-state index contributed by atoms with van der Waals surface area (Å²) in [6.07, 6.45) is 2.71. The normalized spacial score (nSPS) is 28.2. The Labute approximate surface area is 168 Å². The van der Waals surface area contributed by atoms with Crippen molar-refractivity contribution in [2.45, 2.75) is 30.7 Å². The summed E-state index contributed by atoms with van der Waals surface area (Å²) in [7, 11) is 0. The number of nitrogens with zero attached hydrogens (tertiary/aromatic N) is 2. The number of aromatic amines is 1. The van der Waals surface area contributed by atoms with Gasteiger partial charge in [0.05, 0.1) is 19.0 Å². The fourth-order valence-corrected chi connectivity index (χ4v) is 5.26. The highest BCUT2D eigenvalue weighted by Crippen LogP contribution is 2.50. The van der Waals surface area contributed by atoms with Crippen LogP contribution in [0.15, 0.2) is 60.8 Å². The molecule has 6 heteroatoms. The van der Waals surface area contributed by atoms with Crippen LogP contribution in [0.4, 0.5) is 0 Å². The highest BCUT2D eigenvalue weighted by molar-refractivity contribution is 5.99. The maximum absolute atomic E-state index is 13.3. The third kappa shape index (κ3) is 2.32. The summed E-state index contributed by atoms with van der Waals surface area (Å²) in [5.41, 5.74) is 1.96. The van der Waals surface area contributed by atoms with Crippen LogP contribution in [0.2, 0.25) is 0 Å². The molecule has 1 aromatic heterocycles. The lowest BCUT2D eigenvalue weighted by molar-refractivity contribution is -0.138. The summed E-state index contributed by atoms with van der Waals surface area (Å²) in [6.45, 7) is 1.15. The molecule has 6 nitrogen and oxygen atoms in total. The predicted molar refractivity (Wildman–Crippen MR) is 107 cm³/mol. The highest BCUT2D eigenvalue weighted by Gasteiger charge is 2.65. The maximum Gasteiger partial charge on any atom is 0.254 e. The summed E-state index contributed by atoms with van der Waals surface area (Å²) >= 11 is 0. The number of carbonyl (C=O) groups is 2. The summed E-state index contributed by atoms with van der Waals surface area (Å²) in [5, 5.41) is 1.08. The first kappa shape index (κ1) is 16.8. The second-order valence-corrected chi connectivity index (χ2v) is 8.11. The lowest BCUT2D eigenvalue weighted by Crippen LogP contribution is -2.48. The van der Waals surface area contributed by atoms with E-state index in [1.165, 1.54) is 0 Å². The standard InChI is InChI=1S/C23H21N3O3/c27-21-13-20-23(26(21)14-19(29-23)16-4-2-1-3-5-16)9-11-25(20)22(28)17-7-6-15-8-10-24-18(15)12-17/h1-8,10,12,19-20,24H,9,11,13-14H2/t19-,20-,23+/m1/s1. The Bertz CT molecular complexity index is 1120. The molecule has 1 N–H and O–H groups in total. The van der Waals surface area contributed by atoms with Crippen LogP contribution in [-0.2, 0) is 9.53 Å². The van der Waals surface area contributed by atoms with Gasteiger partial charge >= 0.3 is 0 Å². The van der Waals surface area contributed by atoms with Gasteiger partial charge < -0.3 is 19.5 Å². The zero-order chi connectivity index (χ0) is 19.6. The summed E-state index contributed by atoms with van der Waals surface area (Å²) in [4.78, 5) is 33.0. The minimum atomic E-state index is -0.691. The molecule has 0 unspecified atom stereocenters. The Morgan fingerprint density at radius 2 is 2.00 bits per heavy atom. The molecule has 2 aromatic carbocycles. The molecule has 146 valence electrons. The number of rotatable bonds is 2. The van der Waals surface area contributed by atoms with E-state index in [0.29, 0.717) is 31.5 Å². The molecule has 4 heterocycles. The predicted octanol–water partition coefficient (Wildman–Crippen LogP) is 3.08. The van der Waals surface area contributed by atoms with Gasteiger partial charge in [-0.05, 0) is 29.1 Å². The number of fused-ring (bicyclic) bond motifs is 1. The molecule has 3 aromatic rings. The van der Waals surface area contributed by atoms with Crippen molar-refractivity contribution in [3.05, 3.63) is 71.9 Å². The van der Waals surface area contributed by atoms with Gasteiger partial charge in [0.2, 0.25) is 5.91 Å². The minimum Gasteiger partial charge on any atom is -0.361 e. The number of carbonyl (C=O) groups excluding carboxylic acids is 2. The number of nitrogens with one attached hydrogen (secondary N) is 1. The number of H-pyrrole nitrogens is 1. The Morgan fingerprint density at radius 1 is 1.14 bits per heavy atom. The summed E-state index contributed by atoms with van der Waals surface area (Å²) in [5.74, 6) is 0.0375. The van der Waals surface area contributed by atoms with Crippen molar-refractivity contribution in [1.82, 2.24) is 14.8 Å². The first-order chi connectivity index (χ1) is 14.2. The van der Waals surface area contributed by atoms with Crippen molar-refractivity contribution in [2.75, 3.05) is 13.1 Å². The molecular weight excluding hydrogens is 366 g/mol. The van der Waals surface area contributed by atoms with Crippen LogP contribution in [0.25, 0.3) is 10.9 Å². The molecule has 29 heavy (non-hydrogen) atoms.